The van der Waals surface area contributed by atoms with Gasteiger partial charge in [-0.25, -0.2) is 8.42 Å². The molecule has 2 rings (SSSR count). The maximum absolute atomic E-state index is 12.0. The van der Waals surface area contributed by atoms with Gasteiger partial charge >= 0.3 is 0 Å². The van der Waals surface area contributed by atoms with Crippen molar-refractivity contribution in [2.24, 2.45) is 0 Å². The molecule has 0 fully saturated rings. The lowest BCUT2D eigenvalue weighted by Crippen LogP contribution is -2.34. The summed E-state index contributed by atoms with van der Waals surface area (Å²) in [6, 6.07) is 10.9. The van der Waals surface area contributed by atoms with Gasteiger partial charge < -0.3 is 5.32 Å². The number of nitrogens with one attached hydrogen (secondary N) is 1. The highest BCUT2D eigenvalue weighted by atomic mass is 32.2. The number of hydrogen-bond donors (Lipinski definition) is 1. The molecular formula is C17H21N3O3S. The van der Waals surface area contributed by atoms with Gasteiger partial charge in [0, 0.05) is 31.9 Å². The molecule has 1 amide bonds. The summed E-state index contributed by atoms with van der Waals surface area (Å²) in [6.07, 6.45) is 4.57. The van der Waals surface area contributed by atoms with E-state index >= 15 is 0 Å². The molecule has 1 N–H and O–H groups in total. The second-order valence-corrected chi connectivity index (χ2v) is 7.47. The Hall–Kier alpha value is -2.41. The zero-order valence-corrected chi connectivity index (χ0v) is 14.6. The average molecular weight is 347 g/mol. The van der Waals surface area contributed by atoms with Crippen molar-refractivity contribution in [1.29, 1.82) is 0 Å². The van der Waals surface area contributed by atoms with E-state index in [1.165, 1.54) is 4.31 Å². The topological polar surface area (TPSA) is 79.4 Å². The number of amides is 1. The number of hydrogen-bond acceptors (Lipinski definition) is 4. The third-order valence-electron chi connectivity index (χ3n) is 3.44. The van der Waals surface area contributed by atoms with Gasteiger partial charge in [0.25, 0.3) is 0 Å². The Morgan fingerprint density at radius 2 is 2.04 bits per heavy atom. The summed E-state index contributed by atoms with van der Waals surface area (Å²) >= 11 is 0. The molecule has 0 spiro atoms. The van der Waals surface area contributed by atoms with Crippen LogP contribution in [0.3, 0.4) is 0 Å². The fourth-order valence-electron chi connectivity index (χ4n) is 2.26. The van der Waals surface area contributed by atoms with Crippen LogP contribution in [0.1, 0.15) is 17.5 Å². The molecule has 6 nitrogen and oxygen atoms in total. The van der Waals surface area contributed by atoms with Crippen LogP contribution in [0, 0.1) is 6.92 Å². The summed E-state index contributed by atoms with van der Waals surface area (Å²) in [4.78, 5) is 16.0. The van der Waals surface area contributed by atoms with Crippen LogP contribution < -0.4 is 9.62 Å². The molecule has 7 heteroatoms. The van der Waals surface area contributed by atoms with Crippen molar-refractivity contribution in [2.45, 2.75) is 19.9 Å². The van der Waals surface area contributed by atoms with Crippen LogP contribution in [0.2, 0.25) is 0 Å². The van der Waals surface area contributed by atoms with E-state index in [0.29, 0.717) is 12.2 Å². The molecule has 0 aliphatic rings. The first kappa shape index (κ1) is 17.9. The number of carbonyl (C=O) groups excluding carboxylic acids is 1. The van der Waals surface area contributed by atoms with Gasteiger partial charge in [0.05, 0.1) is 11.9 Å². The molecule has 0 saturated carbocycles. The first-order valence-electron chi connectivity index (χ1n) is 7.56. The zero-order chi connectivity index (χ0) is 17.6. The van der Waals surface area contributed by atoms with E-state index in [1.54, 1.807) is 36.7 Å². The van der Waals surface area contributed by atoms with E-state index < -0.39 is 10.0 Å². The maximum atomic E-state index is 12.0. The Morgan fingerprint density at radius 3 is 2.67 bits per heavy atom. The van der Waals surface area contributed by atoms with Gasteiger partial charge in [-0.2, -0.15) is 0 Å². The summed E-state index contributed by atoms with van der Waals surface area (Å²) in [7, 11) is -3.45. The zero-order valence-electron chi connectivity index (χ0n) is 13.8. The van der Waals surface area contributed by atoms with E-state index in [4.69, 9.17) is 0 Å². The molecule has 0 saturated heterocycles. The minimum Gasteiger partial charge on any atom is -0.352 e. The summed E-state index contributed by atoms with van der Waals surface area (Å²) in [6.45, 7) is 2.36. The van der Waals surface area contributed by atoms with E-state index in [9.17, 15) is 13.2 Å². The van der Waals surface area contributed by atoms with Crippen LogP contribution in [0.4, 0.5) is 5.69 Å². The second kappa shape index (κ2) is 7.92. The van der Waals surface area contributed by atoms with Crippen LogP contribution in [0.15, 0.2) is 48.8 Å². The number of nitrogens with zero attached hydrogens (tertiary/aromatic N) is 2. The molecule has 1 aromatic carbocycles. The highest BCUT2D eigenvalue weighted by Crippen LogP contribution is 2.19. The molecular weight excluding hydrogens is 326 g/mol. The van der Waals surface area contributed by atoms with Gasteiger partial charge in [0.2, 0.25) is 15.9 Å². The Kier molecular flexibility index (Phi) is 5.92. The molecule has 24 heavy (non-hydrogen) atoms. The lowest BCUT2D eigenvalue weighted by Gasteiger charge is -2.22. The quantitative estimate of drug-likeness (QED) is 0.829. The number of benzene rings is 1. The van der Waals surface area contributed by atoms with Crippen LogP contribution in [0.25, 0.3) is 0 Å². The fourth-order valence-corrected chi connectivity index (χ4v) is 3.18. The fraction of sp³-hybridized carbons (Fsp3) is 0.294. The predicted molar refractivity (Wildman–Crippen MR) is 94.1 cm³/mol. The van der Waals surface area contributed by atoms with Crippen LogP contribution in [0.5, 0.6) is 0 Å². The minimum atomic E-state index is -3.45. The lowest BCUT2D eigenvalue weighted by molar-refractivity contribution is -0.121. The summed E-state index contributed by atoms with van der Waals surface area (Å²) < 4.78 is 25.3. The van der Waals surface area contributed by atoms with Gasteiger partial charge in [-0.15, -0.1) is 0 Å². The average Bonchev–Trinajstić information content (AvgIpc) is 2.53. The van der Waals surface area contributed by atoms with E-state index in [1.807, 2.05) is 19.1 Å². The minimum absolute atomic E-state index is 0.0846. The number of pyridine rings is 1. The van der Waals surface area contributed by atoms with Gasteiger partial charge in [-0.1, -0.05) is 18.2 Å². The Bertz CT molecular complexity index is 792. The Morgan fingerprint density at radius 1 is 1.25 bits per heavy atom. The molecule has 1 heterocycles. The standard InChI is InChI=1S/C17H21N3O3S/c1-14-5-3-7-16(11-14)20(24(2,22)23)10-8-17(21)19-13-15-6-4-9-18-12-15/h3-7,9,11-12H,8,10,13H2,1-2H3,(H,19,21). The first-order chi connectivity index (χ1) is 11.4. The van der Waals surface area contributed by atoms with Crippen LogP contribution >= 0.6 is 0 Å². The van der Waals surface area contributed by atoms with Crippen molar-refractivity contribution in [3.05, 3.63) is 59.9 Å². The summed E-state index contributed by atoms with van der Waals surface area (Å²) in [5.74, 6) is -0.208. The molecule has 0 aliphatic heterocycles. The molecule has 0 aliphatic carbocycles. The van der Waals surface area contributed by atoms with Crippen molar-refractivity contribution < 1.29 is 13.2 Å². The van der Waals surface area contributed by atoms with Crippen molar-refractivity contribution in [2.75, 3.05) is 17.1 Å². The van der Waals surface area contributed by atoms with Crippen molar-refractivity contribution in [3.8, 4) is 0 Å². The smallest absolute Gasteiger partial charge is 0.232 e. The molecule has 1 aromatic heterocycles. The number of carbonyl (C=O) groups is 1. The molecule has 2 aromatic rings. The van der Waals surface area contributed by atoms with Gasteiger partial charge in [-0.05, 0) is 36.2 Å². The van der Waals surface area contributed by atoms with Crippen molar-refractivity contribution in [3.63, 3.8) is 0 Å². The van der Waals surface area contributed by atoms with E-state index in [0.717, 1.165) is 17.4 Å². The van der Waals surface area contributed by atoms with Crippen molar-refractivity contribution in [1.82, 2.24) is 10.3 Å². The first-order valence-corrected chi connectivity index (χ1v) is 9.41. The molecule has 0 atom stereocenters. The molecule has 0 radical (unpaired) electrons. The van der Waals surface area contributed by atoms with E-state index in [2.05, 4.69) is 10.3 Å². The molecule has 0 unspecified atom stereocenters. The normalized spacial score (nSPS) is 11.1. The Labute approximate surface area is 142 Å². The molecule has 0 bridgehead atoms. The number of anilines is 1. The number of rotatable bonds is 7. The monoisotopic (exact) mass is 347 g/mol. The highest BCUT2D eigenvalue weighted by molar-refractivity contribution is 7.92. The van der Waals surface area contributed by atoms with E-state index in [-0.39, 0.29) is 18.9 Å². The number of aryl methyl sites for hydroxylation is 1. The van der Waals surface area contributed by atoms with Crippen molar-refractivity contribution >= 4 is 21.6 Å². The third-order valence-corrected chi connectivity index (χ3v) is 4.64. The number of sulfonamides is 1. The molecule has 128 valence electrons. The summed E-state index contributed by atoms with van der Waals surface area (Å²) in [5.41, 5.74) is 2.42. The number of aromatic nitrogens is 1. The largest absolute Gasteiger partial charge is 0.352 e. The van der Waals surface area contributed by atoms with Gasteiger partial charge in [-0.3, -0.25) is 14.1 Å². The maximum Gasteiger partial charge on any atom is 0.232 e. The summed E-state index contributed by atoms with van der Waals surface area (Å²) in [5, 5.41) is 2.77. The lowest BCUT2D eigenvalue weighted by atomic mass is 10.2. The SMILES string of the molecule is Cc1cccc(N(CCC(=O)NCc2cccnc2)S(C)(=O)=O)c1. The highest BCUT2D eigenvalue weighted by Gasteiger charge is 2.18. The second-order valence-electron chi connectivity index (χ2n) is 5.56. The van der Waals surface area contributed by atoms with Gasteiger partial charge in [0.1, 0.15) is 0 Å². The third kappa shape index (κ3) is 5.34. The van der Waals surface area contributed by atoms with Gasteiger partial charge in [0.15, 0.2) is 0 Å². The van der Waals surface area contributed by atoms with Crippen LogP contribution in [-0.4, -0.2) is 32.1 Å². The van der Waals surface area contributed by atoms with Crippen LogP contribution in [-0.2, 0) is 21.4 Å². The Balaban J connectivity index is 1.97. The predicted octanol–water partition coefficient (Wildman–Crippen LogP) is 1.86.